The second-order valence-electron chi connectivity index (χ2n) is 5.05. The molecule has 0 fully saturated rings. The lowest BCUT2D eigenvalue weighted by Crippen LogP contribution is -1.91. The Labute approximate surface area is 124 Å². The molecular weight excluding hydrogens is 248 g/mol. The van der Waals surface area contributed by atoms with Gasteiger partial charge in [-0.3, -0.25) is 4.79 Å². The highest BCUT2D eigenvalue weighted by Gasteiger charge is 1.90. The van der Waals surface area contributed by atoms with Gasteiger partial charge in [-0.1, -0.05) is 75.5 Å². The number of unbranched alkanes of at least 4 members (excludes halogenated alkanes) is 6. The van der Waals surface area contributed by atoms with Crippen molar-refractivity contribution in [3.63, 3.8) is 0 Å². The molecule has 2 heteroatoms. The summed E-state index contributed by atoms with van der Waals surface area (Å²) in [6, 6.07) is 0. The zero-order chi connectivity index (χ0) is 14.9. The summed E-state index contributed by atoms with van der Waals surface area (Å²) in [7, 11) is 0. The van der Waals surface area contributed by atoms with Crippen LogP contribution in [0.1, 0.15) is 71.1 Å². The van der Waals surface area contributed by atoms with Crippen molar-refractivity contribution in [2.45, 2.75) is 71.1 Å². The van der Waals surface area contributed by atoms with E-state index in [1.807, 2.05) is 18.2 Å². The molecule has 0 aliphatic heterocycles. The van der Waals surface area contributed by atoms with Gasteiger partial charge in [-0.2, -0.15) is 0 Å². The molecule has 0 spiro atoms. The summed E-state index contributed by atoms with van der Waals surface area (Å²) in [5.74, 6) is -0.740. The Morgan fingerprint density at radius 2 is 1.55 bits per heavy atom. The Morgan fingerprint density at radius 1 is 0.850 bits per heavy atom. The van der Waals surface area contributed by atoms with Gasteiger partial charge in [0.2, 0.25) is 0 Å². The summed E-state index contributed by atoms with van der Waals surface area (Å²) in [6.07, 6.45) is 23.4. The van der Waals surface area contributed by atoms with E-state index in [0.717, 1.165) is 6.42 Å². The van der Waals surface area contributed by atoms with Gasteiger partial charge in [0.25, 0.3) is 0 Å². The van der Waals surface area contributed by atoms with Crippen LogP contribution < -0.4 is 0 Å². The minimum atomic E-state index is -0.740. The lowest BCUT2D eigenvalue weighted by molar-refractivity contribution is -0.136. The van der Waals surface area contributed by atoms with E-state index < -0.39 is 5.97 Å². The highest BCUT2D eigenvalue weighted by atomic mass is 16.4. The average Bonchev–Trinajstić information content (AvgIpc) is 2.43. The molecule has 0 aliphatic rings. The van der Waals surface area contributed by atoms with Gasteiger partial charge in [-0.05, 0) is 25.7 Å². The summed E-state index contributed by atoms with van der Waals surface area (Å²) in [5.41, 5.74) is 0. The van der Waals surface area contributed by atoms with E-state index in [1.165, 1.54) is 44.9 Å². The Hall–Kier alpha value is -1.31. The van der Waals surface area contributed by atoms with Crippen molar-refractivity contribution in [2.24, 2.45) is 0 Å². The van der Waals surface area contributed by atoms with E-state index in [0.29, 0.717) is 6.42 Å². The van der Waals surface area contributed by atoms with Crippen LogP contribution in [0.25, 0.3) is 0 Å². The maximum Gasteiger partial charge on any atom is 0.303 e. The molecular formula is C18H30O2. The van der Waals surface area contributed by atoms with Crippen LogP contribution in [0.5, 0.6) is 0 Å². The summed E-state index contributed by atoms with van der Waals surface area (Å²) < 4.78 is 0. The zero-order valence-electron chi connectivity index (χ0n) is 12.9. The first-order valence-electron chi connectivity index (χ1n) is 7.95. The number of rotatable bonds is 13. The summed E-state index contributed by atoms with van der Waals surface area (Å²) in [5, 5.41) is 8.46. The molecule has 0 heterocycles. The molecule has 0 aromatic rings. The largest absolute Gasteiger partial charge is 0.481 e. The van der Waals surface area contributed by atoms with Crippen LogP contribution >= 0.6 is 0 Å². The Morgan fingerprint density at radius 3 is 2.30 bits per heavy atom. The highest BCUT2D eigenvalue weighted by molar-refractivity contribution is 5.66. The highest BCUT2D eigenvalue weighted by Crippen LogP contribution is 2.07. The van der Waals surface area contributed by atoms with Crippen LogP contribution in [-0.2, 0) is 4.79 Å². The van der Waals surface area contributed by atoms with Gasteiger partial charge < -0.3 is 5.11 Å². The fraction of sp³-hybridized carbons (Fsp3) is 0.611. The summed E-state index contributed by atoms with van der Waals surface area (Å²) in [4.78, 5) is 10.3. The van der Waals surface area contributed by atoms with E-state index in [9.17, 15) is 4.79 Å². The first-order valence-corrected chi connectivity index (χ1v) is 7.95. The van der Waals surface area contributed by atoms with E-state index >= 15 is 0 Å². The van der Waals surface area contributed by atoms with E-state index in [-0.39, 0.29) is 6.42 Å². The molecule has 0 saturated carbocycles. The molecule has 0 radical (unpaired) electrons. The van der Waals surface area contributed by atoms with Gasteiger partial charge in [0, 0.05) is 6.42 Å². The van der Waals surface area contributed by atoms with Gasteiger partial charge >= 0.3 is 5.97 Å². The quantitative estimate of drug-likeness (QED) is 0.268. The second kappa shape index (κ2) is 15.7. The van der Waals surface area contributed by atoms with Crippen LogP contribution in [0, 0.1) is 0 Å². The Balaban J connectivity index is 3.32. The third-order valence-electron chi connectivity index (χ3n) is 3.07. The summed E-state index contributed by atoms with van der Waals surface area (Å²) in [6.45, 7) is 2.25. The molecule has 1 N–H and O–H groups in total. The molecule has 0 aliphatic carbocycles. The maximum atomic E-state index is 10.3. The lowest BCUT2D eigenvalue weighted by atomic mass is 10.1. The molecule has 0 aromatic heterocycles. The average molecular weight is 278 g/mol. The fourth-order valence-corrected chi connectivity index (χ4v) is 1.87. The SMILES string of the molecule is CCCCCCCC/C=C/C/C=C/C=C/CCC(=O)O. The smallest absolute Gasteiger partial charge is 0.303 e. The molecule has 0 atom stereocenters. The van der Waals surface area contributed by atoms with Crippen molar-refractivity contribution in [1.29, 1.82) is 0 Å². The predicted octanol–water partition coefficient (Wildman–Crippen LogP) is 5.66. The van der Waals surface area contributed by atoms with Crippen molar-refractivity contribution in [3.05, 3.63) is 36.5 Å². The van der Waals surface area contributed by atoms with Crippen LogP contribution in [0.3, 0.4) is 0 Å². The third kappa shape index (κ3) is 16.7. The van der Waals surface area contributed by atoms with Crippen molar-refractivity contribution < 1.29 is 9.90 Å². The van der Waals surface area contributed by atoms with E-state index in [2.05, 4.69) is 25.2 Å². The van der Waals surface area contributed by atoms with Crippen LogP contribution in [0.15, 0.2) is 36.5 Å². The number of hydrogen-bond acceptors (Lipinski definition) is 1. The maximum absolute atomic E-state index is 10.3. The van der Waals surface area contributed by atoms with Gasteiger partial charge in [0.1, 0.15) is 0 Å². The van der Waals surface area contributed by atoms with Gasteiger partial charge in [0.15, 0.2) is 0 Å². The number of allylic oxidation sites excluding steroid dienone is 6. The third-order valence-corrected chi connectivity index (χ3v) is 3.07. The second-order valence-corrected chi connectivity index (χ2v) is 5.05. The first kappa shape index (κ1) is 18.7. The van der Waals surface area contributed by atoms with Crippen LogP contribution in [0.4, 0.5) is 0 Å². The standard InChI is InChI=1S/C18H30O2/c1-2-3-4-5-6-7-8-9-10-11-12-13-14-15-16-17-18(19)20/h9-10,12-15H,2-8,11,16-17H2,1H3,(H,19,20)/b10-9+,13-12+,15-14+. The van der Waals surface area contributed by atoms with Crippen molar-refractivity contribution in [3.8, 4) is 0 Å². The molecule has 0 bridgehead atoms. The molecule has 2 nitrogen and oxygen atoms in total. The van der Waals surface area contributed by atoms with Crippen molar-refractivity contribution >= 4 is 5.97 Å². The summed E-state index contributed by atoms with van der Waals surface area (Å²) >= 11 is 0. The Kier molecular flexibility index (Phi) is 14.7. The van der Waals surface area contributed by atoms with Crippen LogP contribution in [0.2, 0.25) is 0 Å². The minimum Gasteiger partial charge on any atom is -0.481 e. The minimum absolute atomic E-state index is 0.211. The molecule has 114 valence electrons. The Bertz CT molecular complexity index is 301. The van der Waals surface area contributed by atoms with Gasteiger partial charge in [-0.15, -0.1) is 0 Å². The lowest BCUT2D eigenvalue weighted by Gasteiger charge is -1.97. The van der Waals surface area contributed by atoms with E-state index in [1.54, 1.807) is 0 Å². The van der Waals surface area contributed by atoms with Crippen LogP contribution in [-0.4, -0.2) is 11.1 Å². The predicted molar refractivity (Wildman–Crippen MR) is 86.9 cm³/mol. The first-order chi connectivity index (χ1) is 9.77. The monoisotopic (exact) mass is 278 g/mol. The number of hydrogen-bond donors (Lipinski definition) is 1. The molecule has 0 amide bonds. The van der Waals surface area contributed by atoms with E-state index in [4.69, 9.17) is 5.11 Å². The normalized spacial score (nSPS) is 12.1. The zero-order valence-corrected chi connectivity index (χ0v) is 12.9. The van der Waals surface area contributed by atoms with Crippen molar-refractivity contribution in [1.82, 2.24) is 0 Å². The topological polar surface area (TPSA) is 37.3 Å². The molecule has 20 heavy (non-hydrogen) atoms. The number of aliphatic carboxylic acids is 1. The fourth-order valence-electron chi connectivity index (χ4n) is 1.87. The van der Waals surface area contributed by atoms with Gasteiger partial charge in [-0.25, -0.2) is 0 Å². The number of carboxylic acid groups (broad SMARTS) is 1. The van der Waals surface area contributed by atoms with Gasteiger partial charge in [0.05, 0.1) is 0 Å². The van der Waals surface area contributed by atoms with Crippen molar-refractivity contribution in [2.75, 3.05) is 0 Å². The molecule has 0 aromatic carbocycles. The number of carbonyl (C=O) groups is 1. The molecule has 0 rings (SSSR count). The number of carboxylic acids is 1. The molecule has 0 saturated heterocycles. The molecule has 0 unspecified atom stereocenters.